The first-order chi connectivity index (χ1) is 5.07. The van der Waals surface area contributed by atoms with Gasteiger partial charge in [-0.2, -0.15) is 0 Å². The SMILES string of the molecule is C=CCC(C)C(C)CC(C)C. The third-order valence-corrected chi connectivity index (χ3v) is 2.35. The average molecular weight is 154 g/mol. The van der Waals surface area contributed by atoms with Gasteiger partial charge in [0, 0.05) is 0 Å². The zero-order valence-corrected chi connectivity index (χ0v) is 8.43. The van der Waals surface area contributed by atoms with E-state index in [2.05, 4.69) is 34.3 Å². The summed E-state index contributed by atoms with van der Waals surface area (Å²) in [6.07, 6.45) is 4.53. The maximum atomic E-state index is 3.76. The van der Waals surface area contributed by atoms with E-state index in [1.54, 1.807) is 0 Å². The summed E-state index contributed by atoms with van der Waals surface area (Å²) in [6, 6.07) is 0. The van der Waals surface area contributed by atoms with Gasteiger partial charge in [0.15, 0.2) is 0 Å². The van der Waals surface area contributed by atoms with Gasteiger partial charge in [0.1, 0.15) is 0 Å². The lowest BCUT2D eigenvalue weighted by Gasteiger charge is -2.19. The van der Waals surface area contributed by atoms with Crippen LogP contribution in [0.5, 0.6) is 0 Å². The lowest BCUT2D eigenvalue weighted by atomic mass is 9.86. The van der Waals surface area contributed by atoms with E-state index in [0.717, 1.165) is 24.2 Å². The van der Waals surface area contributed by atoms with Crippen molar-refractivity contribution >= 4 is 0 Å². The van der Waals surface area contributed by atoms with E-state index in [1.807, 2.05) is 6.08 Å². The molecule has 0 N–H and O–H groups in total. The van der Waals surface area contributed by atoms with Crippen molar-refractivity contribution in [3.63, 3.8) is 0 Å². The van der Waals surface area contributed by atoms with E-state index in [1.165, 1.54) is 6.42 Å². The molecule has 0 aromatic heterocycles. The topological polar surface area (TPSA) is 0 Å². The van der Waals surface area contributed by atoms with E-state index in [-0.39, 0.29) is 0 Å². The summed E-state index contributed by atoms with van der Waals surface area (Å²) in [5.41, 5.74) is 0. The summed E-state index contributed by atoms with van der Waals surface area (Å²) in [5, 5.41) is 0. The van der Waals surface area contributed by atoms with Gasteiger partial charge in [0.25, 0.3) is 0 Å². The van der Waals surface area contributed by atoms with E-state index >= 15 is 0 Å². The van der Waals surface area contributed by atoms with Crippen molar-refractivity contribution in [3.8, 4) is 0 Å². The van der Waals surface area contributed by atoms with Gasteiger partial charge >= 0.3 is 0 Å². The van der Waals surface area contributed by atoms with Gasteiger partial charge < -0.3 is 0 Å². The largest absolute Gasteiger partial charge is 0.103 e. The van der Waals surface area contributed by atoms with Gasteiger partial charge in [-0.25, -0.2) is 0 Å². The zero-order valence-electron chi connectivity index (χ0n) is 8.43. The van der Waals surface area contributed by atoms with Crippen LogP contribution in [-0.4, -0.2) is 0 Å². The molecule has 0 heterocycles. The second-order valence-electron chi connectivity index (χ2n) is 4.11. The highest BCUT2D eigenvalue weighted by atomic mass is 14.2. The summed E-state index contributed by atoms with van der Waals surface area (Å²) in [6.45, 7) is 13.0. The molecule has 0 heteroatoms. The van der Waals surface area contributed by atoms with Crippen molar-refractivity contribution in [2.75, 3.05) is 0 Å². The second kappa shape index (κ2) is 5.40. The van der Waals surface area contributed by atoms with Crippen LogP contribution in [0.3, 0.4) is 0 Å². The Morgan fingerprint density at radius 2 is 1.64 bits per heavy atom. The summed E-state index contributed by atoms with van der Waals surface area (Å²) < 4.78 is 0. The molecule has 0 aromatic rings. The Kier molecular flexibility index (Phi) is 5.27. The van der Waals surface area contributed by atoms with Crippen molar-refractivity contribution in [2.24, 2.45) is 17.8 Å². The molecular weight excluding hydrogens is 132 g/mol. The molecule has 0 fully saturated rings. The van der Waals surface area contributed by atoms with E-state index < -0.39 is 0 Å². The Bertz CT molecular complexity index is 103. The quantitative estimate of drug-likeness (QED) is 0.527. The van der Waals surface area contributed by atoms with Crippen LogP contribution in [0.2, 0.25) is 0 Å². The van der Waals surface area contributed by atoms with Gasteiger partial charge in [-0.1, -0.05) is 33.8 Å². The summed E-state index contributed by atoms with van der Waals surface area (Å²) >= 11 is 0. The Morgan fingerprint density at radius 3 is 2.00 bits per heavy atom. The van der Waals surface area contributed by atoms with Crippen molar-refractivity contribution in [2.45, 2.75) is 40.5 Å². The molecule has 0 rings (SSSR count). The van der Waals surface area contributed by atoms with Crippen LogP contribution in [0, 0.1) is 17.8 Å². The monoisotopic (exact) mass is 154 g/mol. The van der Waals surface area contributed by atoms with Crippen LogP contribution in [0.1, 0.15) is 40.5 Å². The molecular formula is C11H22. The average Bonchev–Trinajstić information content (AvgIpc) is 1.86. The fourth-order valence-electron chi connectivity index (χ4n) is 1.47. The molecule has 0 saturated heterocycles. The highest BCUT2D eigenvalue weighted by molar-refractivity contribution is 4.74. The molecule has 0 aliphatic rings. The van der Waals surface area contributed by atoms with Crippen molar-refractivity contribution in [1.29, 1.82) is 0 Å². The van der Waals surface area contributed by atoms with Crippen molar-refractivity contribution in [3.05, 3.63) is 12.7 Å². The number of hydrogen-bond acceptors (Lipinski definition) is 0. The first-order valence-electron chi connectivity index (χ1n) is 4.68. The minimum absolute atomic E-state index is 0.801. The third kappa shape index (κ3) is 5.06. The minimum Gasteiger partial charge on any atom is -0.103 e. The Balaban J connectivity index is 3.62. The number of rotatable bonds is 5. The zero-order chi connectivity index (χ0) is 8.85. The maximum Gasteiger partial charge on any atom is -0.0325 e. The van der Waals surface area contributed by atoms with Gasteiger partial charge in [-0.05, 0) is 30.6 Å². The number of allylic oxidation sites excluding steroid dienone is 1. The smallest absolute Gasteiger partial charge is 0.0325 e. The van der Waals surface area contributed by atoms with Crippen LogP contribution in [0.15, 0.2) is 12.7 Å². The van der Waals surface area contributed by atoms with Gasteiger partial charge in [-0.15, -0.1) is 6.58 Å². The molecule has 0 amide bonds. The molecule has 0 radical (unpaired) electrons. The molecule has 0 aromatic carbocycles. The van der Waals surface area contributed by atoms with Crippen LogP contribution in [0.4, 0.5) is 0 Å². The highest BCUT2D eigenvalue weighted by Crippen LogP contribution is 2.22. The van der Waals surface area contributed by atoms with Crippen molar-refractivity contribution in [1.82, 2.24) is 0 Å². The van der Waals surface area contributed by atoms with Crippen LogP contribution in [-0.2, 0) is 0 Å². The van der Waals surface area contributed by atoms with Crippen LogP contribution < -0.4 is 0 Å². The maximum absolute atomic E-state index is 3.76. The second-order valence-corrected chi connectivity index (χ2v) is 4.11. The van der Waals surface area contributed by atoms with Crippen molar-refractivity contribution < 1.29 is 0 Å². The first-order valence-corrected chi connectivity index (χ1v) is 4.68. The predicted octanol–water partition coefficient (Wildman–Crippen LogP) is 3.88. The minimum atomic E-state index is 0.801. The molecule has 0 bridgehead atoms. The van der Waals surface area contributed by atoms with E-state index in [0.29, 0.717) is 0 Å². The van der Waals surface area contributed by atoms with Crippen LogP contribution in [0.25, 0.3) is 0 Å². The normalized spacial score (nSPS) is 16.5. The fraction of sp³-hybridized carbons (Fsp3) is 0.818. The molecule has 0 spiro atoms. The Hall–Kier alpha value is -0.260. The van der Waals surface area contributed by atoms with Gasteiger partial charge in [0.05, 0.1) is 0 Å². The summed E-state index contributed by atoms with van der Waals surface area (Å²) in [5.74, 6) is 2.47. The summed E-state index contributed by atoms with van der Waals surface area (Å²) in [7, 11) is 0. The number of hydrogen-bond donors (Lipinski definition) is 0. The lowest BCUT2D eigenvalue weighted by molar-refractivity contribution is 0.326. The Morgan fingerprint density at radius 1 is 1.09 bits per heavy atom. The standard InChI is InChI=1S/C11H22/c1-6-7-10(4)11(5)8-9(2)3/h6,9-11H,1,7-8H2,2-5H3. The molecule has 0 aliphatic carbocycles. The predicted molar refractivity (Wildman–Crippen MR) is 52.6 cm³/mol. The highest BCUT2D eigenvalue weighted by Gasteiger charge is 2.11. The molecule has 0 nitrogen and oxygen atoms in total. The molecule has 2 atom stereocenters. The van der Waals surface area contributed by atoms with Crippen LogP contribution >= 0.6 is 0 Å². The van der Waals surface area contributed by atoms with E-state index in [4.69, 9.17) is 0 Å². The molecule has 0 saturated carbocycles. The molecule has 0 aliphatic heterocycles. The Labute approximate surface area is 71.7 Å². The van der Waals surface area contributed by atoms with E-state index in [9.17, 15) is 0 Å². The third-order valence-electron chi connectivity index (χ3n) is 2.35. The van der Waals surface area contributed by atoms with Gasteiger partial charge in [-0.3, -0.25) is 0 Å². The summed E-state index contributed by atoms with van der Waals surface area (Å²) in [4.78, 5) is 0. The molecule has 11 heavy (non-hydrogen) atoms. The molecule has 2 unspecified atom stereocenters. The van der Waals surface area contributed by atoms with Gasteiger partial charge in [0.2, 0.25) is 0 Å². The fourth-order valence-corrected chi connectivity index (χ4v) is 1.47. The lowest BCUT2D eigenvalue weighted by Crippen LogP contribution is -2.09. The molecule has 66 valence electrons. The first kappa shape index (κ1) is 10.7.